The van der Waals surface area contributed by atoms with Crippen LogP contribution in [0.4, 0.5) is 0 Å². The number of carbonyl (C=O) groups excluding carboxylic acids is 2. The van der Waals surface area contributed by atoms with Gasteiger partial charge in [0.15, 0.2) is 0 Å². The highest BCUT2D eigenvalue weighted by Crippen LogP contribution is 2.18. The Kier molecular flexibility index (Phi) is 53.0. The second-order valence-electron chi connectivity index (χ2n) is 20.0. The van der Waals surface area contributed by atoms with E-state index in [1.54, 1.807) is 6.08 Å². The minimum absolute atomic E-state index is 0.0167. The lowest BCUT2D eigenvalue weighted by Crippen LogP contribution is -2.45. The van der Waals surface area contributed by atoms with Gasteiger partial charge in [-0.2, -0.15) is 0 Å². The Bertz CT molecular complexity index is 955. The van der Waals surface area contributed by atoms with E-state index in [1.165, 1.54) is 257 Å². The minimum atomic E-state index is -0.840. The van der Waals surface area contributed by atoms with Gasteiger partial charge in [0.2, 0.25) is 5.91 Å². The first-order valence-electron chi connectivity index (χ1n) is 29.0. The molecule has 0 rings (SSSR count). The maximum Gasteiger partial charge on any atom is 0.305 e. The number of rotatable bonds is 54. The molecule has 2 unspecified atom stereocenters. The standard InChI is InChI=1S/C58H113NO5/c1-3-5-7-9-11-13-31-36-40-44-48-52-58(63)64-53-49-45-41-37-33-30-28-26-24-22-20-18-16-15-17-19-21-23-25-27-29-32-35-39-43-47-51-57(62)59-55(54-60)56(61)50-46-42-38-34-14-12-10-8-6-4-2/h46,50,55-56,60-61H,3-45,47-49,51-54H2,1-2H3,(H,59,62)/b50-46+. The zero-order valence-corrected chi connectivity index (χ0v) is 43.3. The van der Waals surface area contributed by atoms with Gasteiger partial charge in [-0.15, -0.1) is 0 Å². The number of hydrogen-bond acceptors (Lipinski definition) is 5. The van der Waals surface area contributed by atoms with Crippen LogP contribution in [0.2, 0.25) is 0 Å². The van der Waals surface area contributed by atoms with Crippen molar-refractivity contribution in [1.29, 1.82) is 0 Å². The summed E-state index contributed by atoms with van der Waals surface area (Å²) in [5, 5.41) is 23.0. The molecule has 1 amide bonds. The molecule has 64 heavy (non-hydrogen) atoms. The van der Waals surface area contributed by atoms with E-state index in [4.69, 9.17) is 4.74 Å². The number of allylic oxidation sites excluding steroid dienone is 1. The molecule has 0 aromatic carbocycles. The number of aliphatic hydroxyl groups excluding tert-OH is 2. The van der Waals surface area contributed by atoms with Crippen LogP contribution >= 0.6 is 0 Å². The van der Waals surface area contributed by atoms with Crippen molar-refractivity contribution in [3.8, 4) is 0 Å². The summed E-state index contributed by atoms with van der Waals surface area (Å²) in [7, 11) is 0. The number of carbonyl (C=O) groups is 2. The molecule has 0 fully saturated rings. The van der Waals surface area contributed by atoms with Crippen molar-refractivity contribution in [3.05, 3.63) is 12.2 Å². The molecule has 6 heteroatoms. The van der Waals surface area contributed by atoms with E-state index in [0.29, 0.717) is 19.4 Å². The third-order valence-corrected chi connectivity index (χ3v) is 13.6. The van der Waals surface area contributed by atoms with E-state index in [1.807, 2.05) is 6.08 Å². The van der Waals surface area contributed by atoms with E-state index in [9.17, 15) is 19.8 Å². The zero-order valence-electron chi connectivity index (χ0n) is 43.3. The summed E-state index contributed by atoms with van der Waals surface area (Å²) in [4.78, 5) is 24.4. The van der Waals surface area contributed by atoms with Gasteiger partial charge in [-0.25, -0.2) is 0 Å². The molecule has 380 valence electrons. The SMILES string of the molecule is CCCCCCCCCC/C=C/C(O)C(CO)NC(=O)CCCCCCCCCCCCCCCCCCCCCCCCCCCCOC(=O)CCCCCCCCCCCCC. The monoisotopic (exact) mass is 904 g/mol. The smallest absolute Gasteiger partial charge is 0.305 e. The highest BCUT2D eigenvalue weighted by atomic mass is 16.5. The van der Waals surface area contributed by atoms with Crippen molar-refractivity contribution in [2.24, 2.45) is 0 Å². The van der Waals surface area contributed by atoms with Gasteiger partial charge in [-0.05, 0) is 32.1 Å². The molecule has 0 aliphatic carbocycles. The summed E-state index contributed by atoms with van der Waals surface area (Å²) >= 11 is 0. The maximum atomic E-state index is 12.4. The van der Waals surface area contributed by atoms with Crippen LogP contribution in [0, 0.1) is 0 Å². The Labute approximate surface area is 399 Å². The number of esters is 1. The number of ether oxygens (including phenoxy) is 1. The second-order valence-corrected chi connectivity index (χ2v) is 20.0. The Morgan fingerprint density at radius 3 is 1.06 bits per heavy atom. The Morgan fingerprint density at radius 1 is 0.422 bits per heavy atom. The lowest BCUT2D eigenvalue weighted by atomic mass is 10.0. The summed E-state index contributed by atoms with van der Waals surface area (Å²) < 4.78 is 5.47. The van der Waals surface area contributed by atoms with Gasteiger partial charge < -0.3 is 20.3 Å². The number of hydrogen-bond donors (Lipinski definition) is 3. The summed E-state index contributed by atoms with van der Waals surface area (Å²) in [6, 6.07) is -0.623. The Morgan fingerprint density at radius 2 is 0.719 bits per heavy atom. The summed E-state index contributed by atoms with van der Waals surface area (Å²) in [5.41, 5.74) is 0. The van der Waals surface area contributed by atoms with Gasteiger partial charge in [-0.1, -0.05) is 289 Å². The van der Waals surface area contributed by atoms with Crippen molar-refractivity contribution in [2.45, 2.75) is 334 Å². The van der Waals surface area contributed by atoms with E-state index < -0.39 is 12.1 Å². The van der Waals surface area contributed by atoms with E-state index in [0.717, 1.165) is 38.5 Å². The average molecular weight is 905 g/mol. The fourth-order valence-corrected chi connectivity index (χ4v) is 9.11. The van der Waals surface area contributed by atoms with Gasteiger partial charge in [-0.3, -0.25) is 9.59 Å². The topological polar surface area (TPSA) is 95.9 Å². The lowest BCUT2D eigenvalue weighted by Gasteiger charge is -2.20. The first-order valence-corrected chi connectivity index (χ1v) is 29.0. The third kappa shape index (κ3) is 50.0. The highest BCUT2D eigenvalue weighted by molar-refractivity contribution is 5.76. The molecular weight excluding hydrogens is 791 g/mol. The van der Waals surface area contributed by atoms with Gasteiger partial charge >= 0.3 is 5.97 Å². The molecule has 0 bridgehead atoms. The van der Waals surface area contributed by atoms with Crippen molar-refractivity contribution >= 4 is 11.9 Å². The number of unbranched alkanes of at least 4 members (excludes halogenated alkanes) is 43. The molecule has 0 heterocycles. The summed E-state index contributed by atoms with van der Waals surface area (Å²) in [5.74, 6) is -0.0499. The molecule has 3 N–H and O–H groups in total. The molecule has 0 aromatic heterocycles. The number of aliphatic hydroxyl groups is 2. The molecule has 0 saturated heterocycles. The van der Waals surface area contributed by atoms with Crippen LogP contribution in [-0.4, -0.2) is 47.4 Å². The Hall–Kier alpha value is -1.40. The van der Waals surface area contributed by atoms with Crippen LogP contribution in [0.3, 0.4) is 0 Å². The summed E-state index contributed by atoms with van der Waals surface area (Å²) in [6.45, 7) is 4.90. The molecule has 2 atom stereocenters. The predicted octanol–water partition coefficient (Wildman–Crippen LogP) is 17.7. The molecular formula is C58H113NO5. The molecule has 0 aliphatic heterocycles. The fourth-order valence-electron chi connectivity index (χ4n) is 9.11. The highest BCUT2D eigenvalue weighted by Gasteiger charge is 2.18. The Balaban J connectivity index is 3.34. The third-order valence-electron chi connectivity index (χ3n) is 13.6. The van der Waals surface area contributed by atoms with Crippen molar-refractivity contribution in [1.82, 2.24) is 5.32 Å². The number of amides is 1. The molecule has 0 aliphatic rings. The van der Waals surface area contributed by atoms with Crippen LogP contribution in [-0.2, 0) is 14.3 Å². The van der Waals surface area contributed by atoms with Crippen molar-refractivity contribution in [2.75, 3.05) is 13.2 Å². The van der Waals surface area contributed by atoms with Gasteiger partial charge in [0, 0.05) is 12.8 Å². The van der Waals surface area contributed by atoms with Crippen LogP contribution < -0.4 is 5.32 Å². The number of nitrogens with one attached hydrogen (secondary N) is 1. The lowest BCUT2D eigenvalue weighted by molar-refractivity contribution is -0.143. The predicted molar refractivity (Wildman–Crippen MR) is 278 cm³/mol. The van der Waals surface area contributed by atoms with Gasteiger partial charge in [0.25, 0.3) is 0 Å². The van der Waals surface area contributed by atoms with Crippen LogP contribution in [0.1, 0.15) is 322 Å². The maximum absolute atomic E-state index is 12.4. The molecule has 0 spiro atoms. The first kappa shape index (κ1) is 62.6. The van der Waals surface area contributed by atoms with Crippen molar-refractivity contribution < 1.29 is 24.5 Å². The zero-order chi connectivity index (χ0) is 46.5. The summed E-state index contributed by atoms with van der Waals surface area (Å²) in [6.07, 6.45) is 64.0. The minimum Gasteiger partial charge on any atom is -0.466 e. The van der Waals surface area contributed by atoms with Gasteiger partial charge in [0.05, 0.1) is 25.4 Å². The largest absolute Gasteiger partial charge is 0.466 e. The van der Waals surface area contributed by atoms with E-state index >= 15 is 0 Å². The van der Waals surface area contributed by atoms with E-state index in [-0.39, 0.29) is 18.5 Å². The molecule has 0 saturated carbocycles. The van der Waals surface area contributed by atoms with Crippen LogP contribution in [0.5, 0.6) is 0 Å². The second kappa shape index (κ2) is 54.2. The van der Waals surface area contributed by atoms with Crippen LogP contribution in [0.25, 0.3) is 0 Å². The normalized spacial score (nSPS) is 12.6. The quantitative estimate of drug-likeness (QED) is 0.0321. The van der Waals surface area contributed by atoms with Crippen LogP contribution in [0.15, 0.2) is 12.2 Å². The van der Waals surface area contributed by atoms with Crippen molar-refractivity contribution in [3.63, 3.8) is 0 Å². The average Bonchev–Trinajstić information content (AvgIpc) is 3.29. The molecule has 0 aromatic rings. The molecule has 6 nitrogen and oxygen atoms in total. The fraction of sp³-hybridized carbons (Fsp3) is 0.931. The van der Waals surface area contributed by atoms with E-state index in [2.05, 4.69) is 19.2 Å². The van der Waals surface area contributed by atoms with Gasteiger partial charge in [0.1, 0.15) is 0 Å². The molecule has 0 radical (unpaired) electrons. The first-order chi connectivity index (χ1) is 31.5.